The third-order valence-electron chi connectivity index (χ3n) is 3.42. The van der Waals surface area contributed by atoms with E-state index in [2.05, 4.69) is 10.2 Å². The Kier molecular flexibility index (Phi) is 4.99. The first-order valence-electron chi connectivity index (χ1n) is 6.66. The Morgan fingerprint density at radius 3 is 2.50 bits per heavy atom. The molecule has 18 heavy (non-hydrogen) atoms. The minimum atomic E-state index is -0.510. The van der Waals surface area contributed by atoms with Gasteiger partial charge < -0.3 is 20.4 Å². The topological polar surface area (TPSA) is 55.7 Å². The number of aliphatic hydroxyl groups excluding tert-OH is 1. The highest BCUT2D eigenvalue weighted by Crippen LogP contribution is 2.15. The molecule has 1 saturated heterocycles. The van der Waals surface area contributed by atoms with E-state index in [4.69, 9.17) is 0 Å². The van der Waals surface area contributed by atoms with Crippen molar-refractivity contribution in [2.45, 2.75) is 18.9 Å². The van der Waals surface area contributed by atoms with Crippen molar-refractivity contribution in [2.24, 2.45) is 0 Å². The summed E-state index contributed by atoms with van der Waals surface area (Å²) in [6.45, 7) is 4.94. The van der Waals surface area contributed by atoms with Crippen LogP contribution < -0.4 is 5.32 Å². The maximum Gasteiger partial charge on any atom is 0.115 e. The predicted octanol–water partition coefficient (Wildman–Crippen LogP) is 1.11. The summed E-state index contributed by atoms with van der Waals surface area (Å²) >= 11 is 0. The van der Waals surface area contributed by atoms with E-state index in [9.17, 15) is 10.2 Å². The molecule has 1 unspecified atom stereocenters. The Bertz CT molecular complexity index is 347. The van der Waals surface area contributed by atoms with E-state index in [-0.39, 0.29) is 5.75 Å². The lowest BCUT2D eigenvalue weighted by molar-refractivity contribution is 0.173. The molecule has 0 bridgehead atoms. The minimum Gasteiger partial charge on any atom is -0.508 e. The standard InChI is InChI=1S/C14H22N2O2/c17-13-5-3-12(4-6-13)14(18)11-15-7-10-16-8-1-2-9-16/h3-6,14-15,17-18H,1-2,7-11H2. The van der Waals surface area contributed by atoms with E-state index >= 15 is 0 Å². The summed E-state index contributed by atoms with van der Waals surface area (Å²) in [5, 5.41) is 22.4. The molecule has 0 aliphatic carbocycles. The first-order valence-corrected chi connectivity index (χ1v) is 6.66. The van der Waals surface area contributed by atoms with E-state index in [0.29, 0.717) is 6.54 Å². The van der Waals surface area contributed by atoms with Crippen molar-refractivity contribution in [3.63, 3.8) is 0 Å². The molecule has 0 spiro atoms. The van der Waals surface area contributed by atoms with E-state index < -0.39 is 6.10 Å². The number of nitrogens with one attached hydrogen (secondary N) is 1. The first-order chi connectivity index (χ1) is 8.75. The predicted molar refractivity (Wildman–Crippen MR) is 71.6 cm³/mol. The fraction of sp³-hybridized carbons (Fsp3) is 0.571. The number of benzene rings is 1. The number of hydrogen-bond acceptors (Lipinski definition) is 4. The molecule has 0 amide bonds. The zero-order chi connectivity index (χ0) is 12.8. The molecule has 0 radical (unpaired) electrons. The smallest absolute Gasteiger partial charge is 0.115 e. The van der Waals surface area contributed by atoms with Crippen molar-refractivity contribution < 1.29 is 10.2 Å². The summed E-state index contributed by atoms with van der Waals surface area (Å²) in [6.07, 6.45) is 2.12. The van der Waals surface area contributed by atoms with Gasteiger partial charge in [-0.25, -0.2) is 0 Å². The van der Waals surface area contributed by atoms with E-state index in [1.165, 1.54) is 25.9 Å². The molecule has 3 N–H and O–H groups in total. The van der Waals surface area contributed by atoms with Gasteiger partial charge in [-0.1, -0.05) is 12.1 Å². The van der Waals surface area contributed by atoms with Crippen LogP contribution in [0.2, 0.25) is 0 Å². The lowest BCUT2D eigenvalue weighted by Crippen LogP contribution is -2.32. The number of nitrogens with zero attached hydrogens (tertiary/aromatic N) is 1. The second kappa shape index (κ2) is 6.73. The van der Waals surface area contributed by atoms with Gasteiger partial charge in [0.2, 0.25) is 0 Å². The molecule has 4 heteroatoms. The molecule has 1 aliphatic rings. The summed E-state index contributed by atoms with van der Waals surface area (Å²) in [7, 11) is 0. The monoisotopic (exact) mass is 250 g/mol. The maximum absolute atomic E-state index is 9.95. The molecule has 4 nitrogen and oxygen atoms in total. The average molecular weight is 250 g/mol. The van der Waals surface area contributed by atoms with Crippen LogP contribution in [0.25, 0.3) is 0 Å². The third kappa shape index (κ3) is 3.98. The van der Waals surface area contributed by atoms with Gasteiger partial charge in [-0.3, -0.25) is 0 Å². The van der Waals surface area contributed by atoms with E-state index in [1.54, 1.807) is 24.3 Å². The Labute approximate surface area is 108 Å². The van der Waals surface area contributed by atoms with Gasteiger partial charge in [0.05, 0.1) is 6.10 Å². The number of phenolic OH excluding ortho intramolecular Hbond substituents is 1. The SMILES string of the molecule is Oc1ccc(C(O)CNCCN2CCCC2)cc1. The lowest BCUT2D eigenvalue weighted by Gasteiger charge is -2.16. The molecule has 1 aromatic carbocycles. The zero-order valence-electron chi connectivity index (χ0n) is 10.7. The number of aromatic hydroxyl groups is 1. The molecule has 1 atom stereocenters. The summed E-state index contributed by atoms with van der Waals surface area (Å²) in [6, 6.07) is 6.70. The first kappa shape index (κ1) is 13.3. The molecule has 100 valence electrons. The Morgan fingerprint density at radius 2 is 1.83 bits per heavy atom. The van der Waals surface area contributed by atoms with Crippen LogP contribution in [0, 0.1) is 0 Å². The molecule has 0 aromatic heterocycles. The zero-order valence-corrected chi connectivity index (χ0v) is 10.7. The Balaban J connectivity index is 1.64. The van der Waals surface area contributed by atoms with Crippen LogP contribution in [0.5, 0.6) is 5.75 Å². The molecule has 1 aromatic rings. The van der Waals surface area contributed by atoms with Crippen LogP contribution in [0.15, 0.2) is 24.3 Å². The van der Waals surface area contributed by atoms with Gasteiger partial charge in [0.15, 0.2) is 0 Å². The molecular weight excluding hydrogens is 228 g/mol. The van der Waals surface area contributed by atoms with Gasteiger partial charge in [-0.2, -0.15) is 0 Å². The van der Waals surface area contributed by atoms with Crippen molar-refractivity contribution in [1.82, 2.24) is 10.2 Å². The van der Waals surface area contributed by atoms with Crippen molar-refractivity contribution >= 4 is 0 Å². The van der Waals surface area contributed by atoms with Crippen molar-refractivity contribution in [3.8, 4) is 5.75 Å². The fourth-order valence-electron chi connectivity index (χ4n) is 2.30. The van der Waals surface area contributed by atoms with Crippen LogP contribution in [-0.2, 0) is 0 Å². The maximum atomic E-state index is 9.95. The molecule has 1 heterocycles. The molecule has 1 fully saturated rings. The number of rotatable bonds is 6. The highest BCUT2D eigenvalue weighted by atomic mass is 16.3. The second-order valence-electron chi connectivity index (χ2n) is 4.86. The lowest BCUT2D eigenvalue weighted by atomic mass is 10.1. The molecular formula is C14H22N2O2. The summed E-state index contributed by atoms with van der Waals surface area (Å²) in [5.74, 6) is 0.230. The summed E-state index contributed by atoms with van der Waals surface area (Å²) in [5.41, 5.74) is 0.835. The van der Waals surface area contributed by atoms with Crippen molar-refractivity contribution in [1.29, 1.82) is 0 Å². The number of aliphatic hydroxyl groups is 1. The van der Waals surface area contributed by atoms with Crippen LogP contribution in [0.1, 0.15) is 24.5 Å². The average Bonchev–Trinajstić information content (AvgIpc) is 2.88. The van der Waals surface area contributed by atoms with Crippen LogP contribution in [0.4, 0.5) is 0 Å². The van der Waals surface area contributed by atoms with Gasteiger partial charge in [-0.05, 0) is 43.6 Å². The highest BCUT2D eigenvalue weighted by molar-refractivity contribution is 5.27. The number of phenols is 1. The quantitative estimate of drug-likeness (QED) is 0.662. The minimum absolute atomic E-state index is 0.230. The van der Waals surface area contributed by atoms with Gasteiger partial charge in [0, 0.05) is 19.6 Å². The largest absolute Gasteiger partial charge is 0.508 e. The van der Waals surface area contributed by atoms with Crippen LogP contribution >= 0.6 is 0 Å². The van der Waals surface area contributed by atoms with Crippen LogP contribution in [-0.4, -0.2) is 47.8 Å². The van der Waals surface area contributed by atoms with E-state index in [0.717, 1.165) is 18.7 Å². The van der Waals surface area contributed by atoms with Crippen molar-refractivity contribution in [2.75, 3.05) is 32.7 Å². The Morgan fingerprint density at radius 1 is 1.17 bits per heavy atom. The molecule has 2 rings (SSSR count). The van der Waals surface area contributed by atoms with Crippen LogP contribution in [0.3, 0.4) is 0 Å². The highest BCUT2D eigenvalue weighted by Gasteiger charge is 2.11. The van der Waals surface area contributed by atoms with Gasteiger partial charge in [0.1, 0.15) is 5.75 Å². The Hall–Kier alpha value is -1.10. The third-order valence-corrected chi connectivity index (χ3v) is 3.42. The van der Waals surface area contributed by atoms with Gasteiger partial charge >= 0.3 is 0 Å². The van der Waals surface area contributed by atoms with Gasteiger partial charge in [-0.15, -0.1) is 0 Å². The number of likely N-dealkylation sites (tertiary alicyclic amines) is 1. The summed E-state index contributed by atoms with van der Waals surface area (Å²) < 4.78 is 0. The molecule has 0 saturated carbocycles. The fourth-order valence-corrected chi connectivity index (χ4v) is 2.30. The van der Waals surface area contributed by atoms with Gasteiger partial charge in [0.25, 0.3) is 0 Å². The summed E-state index contributed by atoms with van der Waals surface area (Å²) in [4.78, 5) is 2.44. The molecule has 1 aliphatic heterocycles. The number of hydrogen-bond donors (Lipinski definition) is 3. The van der Waals surface area contributed by atoms with Crippen molar-refractivity contribution in [3.05, 3.63) is 29.8 Å². The normalized spacial score (nSPS) is 18.1. The van der Waals surface area contributed by atoms with E-state index in [1.807, 2.05) is 0 Å². The second-order valence-corrected chi connectivity index (χ2v) is 4.86.